The van der Waals surface area contributed by atoms with Gasteiger partial charge in [-0.3, -0.25) is 29.7 Å². The first-order valence-corrected chi connectivity index (χ1v) is 9.42. The fourth-order valence-corrected chi connectivity index (χ4v) is 2.96. The second kappa shape index (κ2) is 9.55. The number of nitro benzene ring substituents is 1. The van der Waals surface area contributed by atoms with Crippen LogP contribution in [0, 0.1) is 20.2 Å². The van der Waals surface area contributed by atoms with E-state index in [-0.39, 0.29) is 29.2 Å². The van der Waals surface area contributed by atoms with Crippen LogP contribution in [0.3, 0.4) is 0 Å². The van der Waals surface area contributed by atoms with E-state index >= 15 is 0 Å². The van der Waals surface area contributed by atoms with Crippen molar-refractivity contribution < 1.29 is 24.1 Å². The van der Waals surface area contributed by atoms with E-state index in [1.165, 1.54) is 30.0 Å². The molecule has 12 heteroatoms. The summed E-state index contributed by atoms with van der Waals surface area (Å²) in [6, 6.07) is 9.74. The Labute approximate surface area is 181 Å². The molecule has 1 heterocycles. The summed E-state index contributed by atoms with van der Waals surface area (Å²) in [5.41, 5.74) is -0.427. The molecule has 32 heavy (non-hydrogen) atoms. The Morgan fingerprint density at radius 2 is 1.81 bits per heavy atom. The van der Waals surface area contributed by atoms with E-state index in [1.807, 2.05) is 0 Å². The first kappa shape index (κ1) is 22.2. The first-order valence-electron chi connectivity index (χ1n) is 9.42. The molecule has 1 unspecified atom stereocenters. The zero-order valence-electron chi connectivity index (χ0n) is 17.1. The van der Waals surface area contributed by atoms with Crippen molar-refractivity contribution in [3.8, 4) is 17.2 Å². The maximum absolute atomic E-state index is 12.8. The smallest absolute Gasteiger partial charge is 0.307 e. The number of methoxy groups -OCH3 is 1. The molecule has 2 aromatic carbocycles. The molecule has 0 saturated heterocycles. The van der Waals surface area contributed by atoms with Crippen LogP contribution in [0.2, 0.25) is 0 Å². The zero-order chi connectivity index (χ0) is 23.3. The van der Waals surface area contributed by atoms with Gasteiger partial charge in [-0.15, -0.1) is 0 Å². The fourth-order valence-electron chi connectivity index (χ4n) is 2.96. The molecule has 12 nitrogen and oxygen atoms in total. The third-order valence-corrected chi connectivity index (χ3v) is 4.47. The minimum absolute atomic E-state index is 0.113. The van der Waals surface area contributed by atoms with Gasteiger partial charge in [-0.05, 0) is 18.6 Å². The lowest BCUT2D eigenvalue weighted by Gasteiger charge is -2.16. The molecule has 0 saturated carbocycles. The van der Waals surface area contributed by atoms with Crippen molar-refractivity contribution >= 4 is 23.0 Å². The van der Waals surface area contributed by atoms with Crippen molar-refractivity contribution in [3.05, 3.63) is 75.1 Å². The molecule has 166 valence electrons. The van der Waals surface area contributed by atoms with Crippen molar-refractivity contribution in [2.75, 3.05) is 12.4 Å². The van der Waals surface area contributed by atoms with E-state index in [4.69, 9.17) is 9.47 Å². The molecule has 1 aromatic heterocycles. The number of nitro groups is 2. The number of carbonyl (C=O) groups is 1. The molecule has 0 radical (unpaired) electrons. The molecule has 0 fully saturated rings. The van der Waals surface area contributed by atoms with Gasteiger partial charge in [0.2, 0.25) is 5.91 Å². The van der Waals surface area contributed by atoms with E-state index in [0.717, 1.165) is 12.4 Å². The lowest BCUT2D eigenvalue weighted by Crippen LogP contribution is -2.26. The SMILES string of the molecule is CCC(C(=O)Nc1cc(Oc2ccccc2OC)cc([N+](=O)[O-])c1)n1cc([N+](=O)[O-])cn1. The molecular formula is C20H19N5O7. The third kappa shape index (κ3) is 4.98. The summed E-state index contributed by atoms with van der Waals surface area (Å²) in [4.78, 5) is 33.8. The summed E-state index contributed by atoms with van der Waals surface area (Å²) in [5.74, 6) is 0.329. The highest BCUT2D eigenvalue weighted by Crippen LogP contribution is 2.34. The van der Waals surface area contributed by atoms with E-state index in [2.05, 4.69) is 10.4 Å². The number of rotatable bonds is 9. The van der Waals surface area contributed by atoms with Crippen LogP contribution in [0.4, 0.5) is 17.1 Å². The molecule has 0 spiro atoms. The Kier molecular flexibility index (Phi) is 6.63. The van der Waals surface area contributed by atoms with Gasteiger partial charge in [0.15, 0.2) is 11.5 Å². The number of carbonyl (C=O) groups excluding carboxylic acids is 1. The lowest BCUT2D eigenvalue weighted by atomic mass is 10.2. The van der Waals surface area contributed by atoms with Crippen molar-refractivity contribution in [2.24, 2.45) is 0 Å². The zero-order valence-corrected chi connectivity index (χ0v) is 17.1. The van der Waals surface area contributed by atoms with Crippen molar-refractivity contribution in [3.63, 3.8) is 0 Å². The van der Waals surface area contributed by atoms with Crippen LogP contribution in [0.1, 0.15) is 19.4 Å². The van der Waals surface area contributed by atoms with Gasteiger partial charge in [-0.2, -0.15) is 5.10 Å². The van der Waals surface area contributed by atoms with Crippen molar-refractivity contribution in [2.45, 2.75) is 19.4 Å². The number of aromatic nitrogens is 2. The molecular weight excluding hydrogens is 422 g/mol. The summed E-state index contributed by atoms with van der Waals surface area (Å²) in [6.45, 7) is 1.71. The highest BCUT2D eigenvalue weighted by Gasteiger charge is 2.23. The number of nitrogens with one attached hydrogen (secondary N) is 1. The number of non-ortho nitro benzene ring substituents is 1. The summed E-state index contributed by atoms with van der Waals surface area (Å²) in [7, 11) is 1.46. The minimum atomic E-state index is -0.860. The number of benzene rings is 2. The second-order valence-electron chi connectivity index (χ2n) is 6.57. The number of para-hydroxylation sites is 2. The molecule has 0 aliphatic carbocycles. The Morgan fingerprint density at radius 3 is 2.41 bits per heavy atom. The Morgan fingerprint density at radius 1 is 1.12 bits per heavy atom. The number of ether oxygens (including phenoxy) is 2. The largest absolute Gasteiger partial charge is 0.493 e. The Balaban J connectivity index is 1.88. The average molecular weight is 441 g/mol. The minimum Gasteiger partial charge on any atom is -0.493 e. The molecule has 1 atom stereocenters. The molecule has 3 aromatic rings. The fraction of sp³-hybridized carbons (Fsp3) is 0.200. The molecule has 0 bridgehead atoms. The summed E-state index contributed by atoms with van der Waals surface area (Å²) in [6.07, 6.45) is 2.48. The number of hydrogen-bond donors (Lipinski definition) is 1. The van der Waals surface area contributed by atoms with Gasteiger partial charge in [0, 0.05) is 12.1 Å². The van der Waals surface area contributed by atoms with E-state index in [0.29, 0.717) is 11.5 Å². The van der Waals surface area contributed by atoms with Crippen LogP contribution in [0.25, 0.3) is 0 Å². The number of amides is 1. The van der Waals surface area contributed by atoms with Crippen LogP contribution in [-0.4, -0.2) is 32.6 Å². The van der Waals surface area contributed by atoms with Crippen molar-refractivity contribution in [1.29, 1.82) is 0 Å². The van der Waals surface area contributed by atoms with Gasteiger partial charge < -0.3 is 14.8 Å². The van der Waals surface area contributed by atoms with E-state index in [9.17, 15) is 25.0 Å². The van der Waals surface area contributed by atoms with Crippen LogP contribution in [0.15, 0.2) is 54.9 Å². The molecule has 0 aliphatic rings. The van der Waals surface area contributed by atoms with Gasteiger partial charge in [-0.1, -0.05) is 19.1 Å². The Hall–Kier alpha value is -4.48. The van der Waals surface area contributed by atoms with Gasteiger partial charge in [0.25, 0.3) is 5.69 Å². The van der Waals surface area contributed by atoms with Crippen LogP contribution < -0.4 is 14.8 Å². The van der Waals surface area contributed by atoms with Crippen LogP contribution in [0.5, 0.6) is 17.2 Å². The lowest BCUT2D eigenvalue weighted by molar-refractivity contribution is -0.385. The van der Waals surface area contributed by atoms with Crippen molar-refractivity contribution in [1.82, 2.24) is 9.78 Å². The topological polar surface area (TPSA) is 152 Å². The highest BCUT2D eigenvalue weighted by molar-refractivity contribution is 5.94. The monoisotopic (exact) mass is 441 g/mol. The standard InChI is InChI=1S/C20H19N5O7/c1-3-17(23-12-15(11-21-23)25(29)30)20(26)22-13-8-14(24(27)28)10-16(9-13)32-19-7-5-4-6-18(19)31-2/h4-12,17H,3H2,1-2H3,(H,22,26). The molecule has 0 aliphatic heterocycles. The maximum atomic E-state index is 12.8. The molecule has 1 N–H and O–H groups in total. The molecule has 1 amide bonds. The van der Waals surface area contributed by atoms with Gasteiger partial charge in [-0.25, -0.2) is 0 Å². The second-order valence-corrected chi connectivity index (χ2v) is 6.57. The summed E-state index contributed by atoms with van der Waals surface area (Å²) in [5, 5.41) is 28.7. The summed E-state index contributed by atoms with van der Waals surface area (Å²) >= 11 is 0. The van der Waals surface area contributed by atoms with Gasteiger partial charge in [0.05, 0.1) is 28.7 Å². The molecule has 3 rings (SSSR count). The highest BCUT2D eigenvalue weighted by atomic mass is 16.6. The van der Waals surface area contributed by atoms with Crippen LogP contribution >= 0.6 is 0 Å². The summed E-state index contributed by atoms with van der Waals surface area (Å²) < 4.78 is 12.1. The number of nitrogens with zero attached hydrogens (tertiary/aromatic N) is 4. The average Bonchev–Trinajstić information content (AvgIpc) is 3.24. The maximum Gasteiger partial charge on any atom is 0.307 e. The van der Waals surface area contributed by atoms with E-state index in [1.54, 1.807) is 31.2 Å². The predicted octanol–water partition coefficient (Wildman–Crippen LogP) is 4.09. The number of anilines is 1. The van der Waals surface area contributed by atoms with Crippen LogP contribution in [-0.2, 0) is 4.79 Å². The van der Waals surface area contributed by atoms with E-state index < -0.39 is 21.8 Å². The quantitative estimate of drug-likeness (QED) is 0.385. The van der Waals surface area contributed by atoms with Gasteiger partial charge >= 0.3 is 5.69 Å². The van der Waals surface area contributed by atoms with Gasteiger partial charge in [0.1, 0.15) is 24.2 Å². The first-order chi connectivity index (χ1) is 15.3. The normalized spacial score (nSPS) is 11.4. The third-order valence-electron chi connectivity index (χ3n) is 4.47. The number of hydrogen-bond acceptors (Lipinski definition) is 8. The Bertz CT molecular complexity index is 1160. The predicted molar refractivity (Wildman–Crippen MR) is 113 cm³/mol.